The zero-order chi connectivity index (χ0) is 25.0. The van der Waals surface area contributed by atoms with Crippen LogP contribution in [0.4, 0.5) is 5.69 Å². The van der Waals surface area contributed by atoms with E-state index in [4.69, 9.17) is 9.47 Å². The summed E-state index contributed by atoms with van der Waals surface area (Å²) in [4.78, 5) is 40.7. The number of carbonyl (C=O) groups is 1. The van der Waals surface area contributed by atoms with Gasteiger partial charge in [0.1, 0.15) is 5.82 Å². The molecule has 0 radical (unpaired) electrons. The van der Waals surface area contributed by atoms with Crippen LogP contribution in [-0.2, 0) is 16.0 Å². The van der Waals surface area contributed by atoms with E-state index in [0.717, 1.165) is 4.68 Å². The minimum atomic E-state index is -1.11. The van der Waals surface area contributed by atoms with Crippen LogP contribution in [0, 0.1) is 10.1 Å². The van der Waals surface area contributed by atoms with Crippen LogP contribution >= 0.6 is 31.9 Å². The summed E-state index contributed by atoms with van der Waals surface area (Å²) < 4.78 is 12.8. The lowest BCUT2D eigenvalue weighted by atomic mass is 10.2. The van der Waals surface area contributed by atoms with Gasteiger partial charge in [0.05, 0.1) is 28.6 Å². The van der Waals surface area contributed by atoms with Crippen molar-refractivity contribution in [2.45, 2.75) is 33.3 Å². The van der Waals surface area contributed by atoms with E-state index >= 15 is 0 Å². The number of hydrogen-bond donors (Lipinski definition) is 0. The number of hydrogen-bond acceptors (Lipinski definition) is 8. The Morgan fingerprint density at radius 3 is 2.65 bits per heavy atom. The molecule has 1 atom stereocenters. The molecule has 0 aliphatic rings. The zero-order valence-electron chi connectivity index (χ0n) is 18.4. The third-order valence-corrected chi connectivity index (χ3v) is 5.63. The Bertz CT molecular complexity index is 1360. The van der Waals surface area contributed by atoms with Crippen molar-refractivity contribution in [1.82, 2.24) is 9.66 Å². The number of benzene rings is 2. The number of aryl methyl sites for hydroxylation is 1. The van der Waals surface area contributed by atoms with Gasteiger partial charge in [-0.25, -0.2) is 9.78 Å². The van der Waals surface area contributed by atoms with Crippen LogP contribution in [0.3, 0.4) is 0 Å². The standard InChI is InChI=1S/C22H20Br2N4O6/c1-4-19-26-17-7-6-14(23)9-16(17)21(29)27(19)25-11-13-8-15(24)10-18(28(31)32)20(13)34-12(3)22(30)33-5-2/h6-12H,4-5H2,1-3H3/t12-/m1/s1. The van der Waals surface area contributed by atoms with Crippen molar-refractivity contribution in [3.8, 4) is 5.75 Å². The van der Waals surface area contributed by atoms with Gasteiger partial charge in [-0.3, -0.25) is 14.9 Å². The quantitative estimate of drug-likeness (QED) is 0.161. The summed E-state index contributed by atoms with van der Waals surface area (Å²) in [6.45, 7) is 5.04. The molecule has 0 aliphatic heterocycles. The number of aromatic nitrogens is 2. The fourth-order valence-electron chi connectivity index (χ4n) is 3.11. The summed E-state index contributed by atoms with van der Waals surface area (Å²) in [5, 5.41) is 16.3. The molecule has 1 aromatic heterocycles. The van der Waals surface area contributed by atoms with Crippen molar-refractivity contribution in [2.75, 3.05) is 6.61 Å². The van der Waals surface area contributed by atoms with Gasteiger partial charge in [-0.2, -0.15) is 9.78 Å². The van der Waals surface area contributed by atoms with Crippen molar-refractivity contribution >= 4 is 60.6 Å². The summed E-state index contributed by atoms with van der Waals surface area (Å²) in [5.74, 6) is -0.445. The van der Waals surface area contributed by atoms with Crippen LogP contribution < -0.4 is 10.3 Å². The Balaban J connectivity index is 2.15. The maximum Gasteiger partial charge on any atom is 0.347 e. The molecule has 178 valence electrons. The van der Waals surface area contributed by atoms with Gasteiger partial charge >= 0.3 is 11.7 Å². The van der Waals surface area contributed by atoms with Gasteiger partial charge in [-0.15, -0.1) is 0 Å². The lowest BCUT2D eigenvalue weighted by Crippen LogP contribution is -2.27. The minimum absolute atomic E-state index is 0.136. The Kier molecular flexibility index (Phi) is 8.15. The van der Waals surface area contributed by atoms with Crippen LogP contribution in [0.5, 0.6) is 5.75 Å². The van der Waals surface area contributed by atoms with Gasteiger partial charge in [0.25, 0.3) is 5.56 Å². The summed E-state index contributed by atoms with van der Waals surface area (Å²) in [6.07, 6.45) is 0.567. The summed E-state index contributed by atoms with van der Waals surface area (Å²) >= 11 is 6.59. The number of carbonyl (C=O) groups excluding carboxylic acids is 1. The summed E-state index contributed by atoms with van der Waals surface area (Å²) in [5.41, 5.74) is -0.0655. The lowest BCUT2D eigenvalue weighted by molar-refractivity contribution is -0.386. The van der Waals surface area contributed by atoms with Crippen LogP contribution in [-0.4, -0.2) is 39.5 Å². The van der Waals surface area contributed by atoms with E-state index in [1.807, 2.05) is 6.92 Å². The number of nitrogens with zero attached hydrogens (tertiary/aromatic N) is 4. The summed E-state index contributed by atoms with van der Waals surface area (Å²) in [7, 11) is 0. The second kappa shape index (κ2) is 10.9. The minimum Gasteiger partial charge on any atom is -0.471 e. The maximum absolute atomic E-state index is 13.1. The second-order valence-corrected chi connectivity index (χ2v) is 8.85. The highest BCUT2D eigenvalue weighted by Crippen LogP contribution is 2.34. The number of halogens is 2. The lowest BCUT2D eigenvalue weighted by Gasteiger charge is -2.15. The number of ether oxygens (including phenoxy) is 2. The first-order valence-corrected chi connectivity index (χ1v) is 11.8. The monoisotopic (exact) mass is 594 g/mol. The van der Waals surface area contributed by atoms with E-state index in [1.165, 1.54) is 25.3 Å². The van der Waals surface area contributed by atoms with Gasteiger partial charge in [0, 0.05) is 27.0 Å². The van der Waals surface area contributed by atoms with Gasteiger partial charge in [-0.1, -0.05) is 38.8 Å². The van der Waals surface area contributed by atoms with Crippen LogP contribution in [0.2, 0.25) is 0 Å². The Labute approximate surface area is 211 Å². The van der Waals surface area contributed by atoms with E-state index in [0.29, 0.717) is 32.1 Å². The first kappa shape index (κ1) is 25.5. The molecular weight excluding hydrogens is 576 g/mol. The number of esters is 1. The predicted molar refractivity (Wildman–Crippen MR) is 134 cm³/mol. The molecule has 0 amide bonds. The zero-order valence-corrected chi connectivity index (χ0v) is 21.6. The molecule has 0 saturated carbocycles. The molecule has 3 aromatic rings. The van der Waals surface area contributed by atoms with Crippen molar-refractivity contribution < 1.29 is 19.2 Å². The fourth-order valence-corrected chi connectivity index (χ4v) is 3.93. The molecule has 3 rings (SSSR count). The topological polar surface area (TPSA) is 126 Å². The molecule has 0 bridgehead atoms. The van der Waals surface area contributed by atoms with Crippen molar-refractivity contribution in [3.05, 3.63) is 71.1 Å². The highest BCUT2D eigenvalue weighted by Gasteiger charge is 2.25. The summed E-state index contributed by atoms with van der Waals surface area (Å²) in [6, 6.07) is 7.95. The molecule has 12 heteroatoms. The number of nitro groups is 1. The molecule has 0 saturated heterocycles. The van der Waals surface area contributed by atoms with Crippen molar-refractivity contribution in [2.24, 2.45) is 5.10 Å². The van der Waals surface area contributed by atoms with E-state index in [9.17, 15) is 19.7 Å². The SMILES string of the molecule is CCOC(=O)[C@@H](C)Oc1c(C=Nn2c(CC)nc3ccc(Br)cc3c2=O)cc(Br)cc1[N+](=O)[O-]. The average molecular weight is 596 g/mol. The Morgan fingerprint density at radius 2 is 2.00 bits per heavy atom. The van der Waals surface area contributed by atoms with Crippen LogP contribution in [0.15, 0.2) is 49.2 Å². The van der Waals surface area contributed by atoms with E-state index in [1.54, 1.807) is 25.1 Å². The molecule has 0 N–H and O–H groups in total. The average Bonchev–Trinajstić information content (AvgIpc) is 2.79. The third kappa shape index (κ3) is 5.50. The normalized spacial score (nSPS) is 12.1. The molecule has 2 aromatic carbocycles. The van der Waals surface area contributed by atoms with E-state index in [-0.39, 0.29) is 23.6 Å². The van der Waals surface area contributed by atoms with Gasteiger partial charge in [0.2, 0.25) is 5.75 Å². The van der Waals surface area contributed by atoms with Gasteiger partial charge in [0.15, 0.2) is 6.10 Å². The second-order valence-electron chi connectivity index (χ2n) is 7.02. The molecular formula is C22H20Br2N4O6. The number of nitro benzene ring substituents is 1. The highest BCUT2D eigenvalue weighted by molar-refractivity contribution is 9.10. The molecule has 1 heterocycles. The van der Waals surface area contributed by atoms with Crippen molar-refractivity contribution in [3.63, 3.8) is 0 Å². The van der Waals surface area contributed by atoms with Gasteiger partial charge < -0.3 is 9.47 Å². The van der Waals surface area contributed by atoms with Crippen LogP contribution in [0.25, 0.3) is 10.9 Å². The molecule has 10 nitrogen and oxygen atoms in total. The largest absolute Gasteiger partial charge is 0.471 e. The smallest absolute Gasteiger partial charge is 0.347 e. The molecule has 34 heavy (non-hydrogen) atoms. The first-order valence-electron chi connectivity index (χ1n) is 10.2. The van der Waals surface area contributed by atoms with E-state index < -0.39 is 22.6 Å². The molecule has 0 spiro atoms. The first-order chi connectivity index (χ1) is 16.2. The Hall–Kier alpha value is -3.12. The van der Waals surface area contributed by atoms with Crippen molar-refractivity contribution in [1.29, 1.82) is 0 Å². The van der Waals surface area contributed by atoms with Gasteiger partial charge in [-0.05, 0) is 38.1 Å². The molecule has 0 unspecified atom stereocenters. The fraction of sp³-hybridized carbons (Fsp3) is 0.273. The Morgan fingerprint density at radius 1 is 1.26 bits per heavy atom. The predicted octanol–water partition coefficient (Wildman–Crippen LogP) is 4.60. The number of rotatable bonds is 8. The highest BCUT2D eigenvalue weighted by atomic mass is 79.9. The third-order valence-electron chi connectivity index (χ3n) is 4.68. The molecule has 0 fully saturated rings. The molecule has 0 aliphatic carbocycles. The maximum atomic E-state index is 13.1. The van der Waals surface area contributed by atoms with E-state index in [2.05, 4.69) is 41.9 Å². The van der Waals surface area contributed by atoms with Crippen LogP contribution in [0.1, 0.15) is 32.2 Å². The number of fused-ring (bicyclic) bond motifs is 1.